The number of fused-ring (bicyclic) bond motifs is 1. The zero-order chi connectivity index (χ0) is 25.2. The summed E-state index contributed by atoms with van der Waals surface area (Å²) < 4.78 is 1.88. The van der Waals surface area contributed by atoms with Crippen LogP contribution in [0.3, 0.4) is 0 Å². The number of aryl methyl sites for hydroxylation is 1. The van der Waals surface area contributed by atoms with Gasteiger partial charge in [0.1, 0.15) is 0 Å². The average molecular weight is 481 g/mol. The summed E-state index contributed by atoms with van der Waals surface area (Å²) in [4.78, 5) is 28.5. The number of anilines is 2. The van der Waals surface area contributed by atoms with Crippen molar-refractivity contribution < 1.29 is 9.72 Å². The third kappa shape index (κ3) is 4.47. The molecule has 0 atom stereocenters. The Morgan fingerprint density at radius 1 is 1.11 bits per heavy atom. The second kappa shape index (κ2) is 9.47. The molecule has 0 aliphatic carbocycles. The number of carbonyl (C=O) groups excluding carboxylic acids is 1. The number of hydrogen-bond donors (Lipinski definition) is 3. The fourth-order valence-corrected chi connectivity index (χ4v) is 4.23. The first-order valence-corrected chi connectivity index (χ1v) is 11.4. The predicted octanol–water partition coefficient (Wildman–Crippen LogP) is 4.43. The Kier molecular flexibility index (Phi) is 6.05. The van der Waals surface area contributed by atoms with Gasteiger partial charge in [-0.25, -0.2) is 4.98 Å². The van der Waals surface area contributed by atoms with Gasteiger partial charge in [-0.05, 0) is 42.3 Å². The highest BCUT2D eigenvalue weighted by Crippen LogP contribution is 2.39. The van der Waals surface area contributed by atoms with E-state index in [0.29, 0.717) is 29.1 Å². The standard InChI is InChI=1S/C27H24N6O3/c1-32-15-24(29-16-32)18-6-8-20(9-7-18)30-26(19-4-2-17(3-5-19)12-13-28)25-22-14-21(33(35)36)10-11-23(22)31-27(25)34/h2-11,14-16,30H,12-13,28H2,1H3,(H,31,34). The minimum atomic E-state index is -0.467. The van der Waals surface area contributed by atoms with E-state index >= 15 is 0 Å². The Bertz CT molecular complexity index is 1490. The quantitative estimate of drug-likeness (QED) is 0.204. The van der Waals surface area contributed by atoms with Crippen molar-refractivity contribution in [3.05, 3.63) is 106 Å². The summed E-state index contributed by atoms with van der Waals surface area (Å²) in [5.41, 5.74) is 11.9. The van der Waals surface area contributed by atoms with Crippen LogP contribution in [-0.2, 0) is 18.3 Å². The lowest BCUT2D eigenvalue weighted by atomic mass is 9.98. The van der Waals surface area contributed by atoms with Crippen LogP contribution < -0.4 is 16.4 Å². The van der Waals surface area contributed by atoms with Gasteiger partial charge < -0.3 is 20.9 Å². The van der Waals surface area contributed by atoms with Crippen molar-refractivity contribution in [2.45, 2.75) is 6.42 Å². The Labute approximate surface area is 207 Å². The van der Waals surface area contributed by atoms with Crippen LogP contribution in [0.4, 0.5) is 17.1 Å². The fourth-order valence-electron chi connectivity index (χ4n) is 4.23. The number of non-ortho nitro benzene ring substituents is 1. The van der Waals surface area contributed by atoms with E-state index in [0.717, 1.165) is 34.5 Å². The molecule has 0 spiro atoms. The van der Waals surface area contributed by atoms with Gasteiger partial charge in [0.05, 0.1) is 28.2 Å². The lowest BCUT2D eigenvalue weighted by Gasteiger charge is -2.15. The molecule has 1 aromatic heterocycles. The van der Waals surface area contributed by atoms with E-state index in [1.165, 1.54) is 12.1 Å². The average Bonchev–Trinajstić information content (AvgIpc) is 3.45. The molecule has 3 aromatic carbocycles. The molecule has 36 heavy (non-hydrogen) atoms. The molecule has 9 nitrogen and oxygen atoms in total. The van der Waals surface area contributed by atoms with Gasteiger partial charge in [-0.3, -0.25) is 14.9 Å². The Morgan fingerprint density at radius 2 is 1.86 bits per heavy atom. The van der Waals surface area contributed by atoms with E-state index in [-0.39, 0.29) is 11.6 Å². The number of nitrogens with one attached hydrogen (secondary N) is 2. The van der Waals surface area contributed by atoms with Crippen molar-refractivity contribution in [1.29, 1.82) is 0 Å². The number of amides is 1. The molecule has 0 unspecified atom stereocenters. The smallest absolute Gasteiger partial charge is 0.270 e. The van der Waals surface area contributed by atoms with Crippen molar-refractivity contribution in [1.82, 2.24) is 9.55 Å². The van der Waals surface area contributed by atoms with Crippen molar-refractivity contribution in [2.75, 3.05) is 17.2 Å². The van der Waals surface area contributed by atoms with Gasteiger partial charge in [0, 0.05) is 47.9 Å². The second-order valence-corrected chi connectivity index (χ2v) is 8.55. The third-order valence-electron chi connectivity index (χ3n) is 6.04. The number of nitro benzene ring substituents is 1. The van der Waals surface area contributed by atoms with Gasteiger partial charge in [0.2, 0.25) is 0 Å². The summed E-state index contributed by atoms with van der Waals surface area (Å²) in [6.45, 7) is 0.535. The normalized spacial score (nSPS) is 13.8. The zero-order valence-corrected chi connectivity index (χ0v) is 19.6. The number of nitro groups is 1. The molecule has 4 aromatic rings. The molecular formula is C27H24N6O3. The van der Waals surface area contributed by atoms with E-state index in [4.69, 9.17) is 5.73 Å². The van der Waals surface area contributed by atoms with Gasteiger partial charge >= 0.3 is 0 Å². The highest BCUT2D eigenvalue weighted by Gasteiger charge is 2.30. The minimum absolute atomic E-state index is 0.0832. The number of imidazole rings is 1. The van der Waals surface area contributed by atoms with Crippen molar-refractivity contribution in [2.24, 2.45) is 12.8 Å². The van der Waals surface area contributed by atoms with Gasteiger partial charge in [-0.2, -0.15) is 0 Å². The van der Waals surface area contributed by atoms with Crippen LogP contribution in [-0.4, -0.2) is 26.9 Å². The SMILES string of the molecule is Cn1cnc(-c2ccc(NC(=C3C(=O)Nc4ccc([N+](=O)[O-])cc43)c3ccc(CCN)cc3)cc2)c1. The first-order valence-electron chi connectivity index (χ1n) is 11.4. The maximum absolute atomic E-state index is 13.1. The number of benzene rings is 3. The van der Waals surface area contributed by atoms with Crippen LogP contribution in [0.15, 0.2) is 79.3 Å². The number of nitrogens with zero attached hydrogens (tertiary/aromatic N) is 3. The van der Waals surface area contributed by atoms with E-state index in [2.05, 4.69) is 15.6 Å². The molecule has 1 amide bonds. The van der Waals surface area contributed by atoms with Crippen LogP contribution in [0.2, 0.25) is 0 Å². The molecule has 0 saturated carbocycles. The molecule has 0 saturated heterocycles. The molecule has 1 aliphatic heterocycles. The van der Waals surface area contributed by atoms with E-state index in [9.17, 15) is 14.9 Å². The molecule has 9 heteroatoms. The number of rotatable bonds is 7. The summed E-state index contributed by atoms with van der Waals surface area (Å²) in [5.74, 6) is -0.330. The predicted molar refractivity (Wildman–Crippen MR) is 140 cm³/mol. The van der Waals surface area contributed by atoms with E-state index in [1.54, 1.807) is 12.4 Å². The van der Waals surface area contributed by atoms with Crippen molar-refractivity contribution >= 4 is 34.2 Å². The summed E-state index contributed by atoms with van der Waals surface area (Å²) in [6, 6.07) is 19.9. The number of hydrogen-bond acceptors (Lipinski definition) is 6. The first kappa shape index (κ1) is 23.0. The Morgan fingerprint density at radius 3 is 2.50 bits per heavy atom. The third-order valence-corrected chi connectivity index (χ3v) is 6.04. The lowest BCUT2D eigenvalue weighted by Crippen LogP contribution is -2.10. The van der Waals surface area contributed by atoms with Crippen molar-refractivity contribution in [3.63, 3.8) is 0 Å². The highest BCUT2D eigenvalue weighted by molar-refractivity contribution is 6.37. The van der Waals surface area contributed by atoms with E-state index < -0.39 is 4.92 Å². The summed E-state index contributed by atoms with van der Waals surface area (Å²) >= 11 is 0. The molecule has 0 bridgehead atoms. The molecule has 0 radical (unpaired) electrons. The van der Waals surface area contributed by atoms with Gasteiger partial charge in [-0.1, -0.05) is 36.4 Å². The fraction of sp³-hybridized carbons (Fsp3) is 0.111. The van der Waals surface area contributed by atoms with Crippen LogP contribution in [0.25, 0.3) is 22.5 Å². The summed E-state index contributed by atoms with van der Waals surface area (Å²) in [6.07, 6.45) is 4.42. The molecule has 2 heterocycles. The van der Waals surface area contributed by atoms with Gasteiger partial charge in [-0.15, -0.1) is 0 Å². The molecule has 5 rings (SSSR count). The maximum atomic E-state index is 13.1. The molecule has 0 fully saturated rings. The topological polar surface area (TPSA) is 128 Å². The zero-order valence-electron chi connectivity index (χ0n) is 19.6. The van der Waals surface area contributed by atoms with E-state index in [1.807, 2.05) is 66.3 Å². The Balaban J connectivity index is 1.60. The second-order valence-electron chi connectivity index (χ2n) is 8.55. The molecule has 4 N–H and O–H groups in total. The minimum Gasteiger partial charge on any atom is -0.354 e. The van der Waals surface area contributed by atoms with Crippen LogP contribution in [0, 0.1) is 10.1 Å². The highest BCUT2D eigenvalue weighted by atomic mass is 16.6. The van der Waals surface area contributed by atoms with Crippen LogP contribution in [0.5, 0.6) is 0 Å². The van der Waals surface area contributed by atoms with Gasteiger partial charge in [0.25, 0.3) is 11.6 Å². The van der Waals surface area contributed by atoms with Crippen LogP contribution in [0.1, 0.15) is 16.7 Å². The largest absolute Gasteiger partial charge is 0.354 e. The molecule has 1 aliphatic rings. The summed E-state index contributed by atoms with van der Waals surface area (Å²) in [5, 5.41) is 17.6. The number of aromatic nitrogens is 2. The first-order chi connectivity index (χ1) is 17.4. The maximum Gasteiger partial charge on any atom is 0.270 e. The van der Waals surface area contributed by atoms with Gasteiger partial charge in [0.15, 0.2) is 0 Å². The Hall–Kier alpha value is -4.76. The summed E-state index contributed by atoms with van der Waals surface area (Å²) in [7, 11) is 1.92. The monoisotopic (exact) mass is 480 g/mol. The lowest BCUT2D eigenvalue weighted by molar-refractivity contribution is -0.384. The number of carbonyl (C=O) groups is 1. The van der Waals surface area contributed by atoms with Crippen LogP contribution >= 0.6 is 0 Å². The molecular weight excluding hydrogens is 456 g/mol. The molecule has 180 valence electrons. The van der Waals surface area contributed by atoms with Crippen molar-refractivity contribution in [3.8, 4) is 11.3 Å². The number of nitrogens with two attached hydrogens (primary N) is 1.